The molecule has 1 amide bonds. The van der Waals surface area contributed by atoms with E-state index in [1.807, 2.05) is 6.07 Å². The van der Waals surface area contributed by atoms with Crippen molar-refractivity contribution in [3.8, 4) is 0 Å². The number of carbonyl (C=O) groups is 2. The number of hydrogen-bond donors (Lipinski definition) is 0. The molecule has 0 bridgehead atoms. The Kier molecular flexibility index (Phi) is 2.71. The van der Waals surface area contributed by atoms with E-state index in [4.69, 9.17) is 0 Å². The van der Waals surface area contributed by atoms with Gasteiger partial charge in [-0.3, -0.25) is 9.59 Å². The molecular formula is C11H10BrNO3. The summed E-state index contributed by atoms with van der Waals surface area (Å²) in [6.07, 6.45) is 0. The van der Waals surface area contributed by atoms with Gasteiger partial charge in [-0.2, -0.15) is 0 Å². The molecule has 1 aromatic carbocycles. The fraction of sp³-hybridized carbons (Fsp3) is 0.273. The van der Waals surface area contributed by atoms with Gasteiger partial charge in [0.1, 0.15) is 0 Å². The van der Waals surface area contributed by atoms with Crippen LogP contribution in [0.2, 0.25) is 0 Å². The molecule has 1 heterocycles. The van der Waals surface area contributed by atoms with Crippen LogP contribution in [-0.2, 0) is 14.3 Å². The number of carbonyl (C=O) groups excluding carboxylic acids is 2. The summed E-state index contributed by atoms with van der Waals surface area (Å²) in [7, 11) is 2.93. The average Bonchev–Trinajstić information content (AvgIpc) is 2.51. The van der Waals surface area contributed by atoms with Crippen molar-refractivity contribution in [2.45, 2.75) is 5.92 Å². The van der Waals surface area contributed by atoms with Gasteiger partial charge in [0.25, 0.3) is 0 Å². The molecule has 0 aromatic heterocycles. The first-order valence-electron chi connectivity index (χ1n) is 4.71. The Labute approximate surface area is 101 Å². The highest BCUT2D eigenvalue weighted by molar-refractivity contribution is 9.10. The molecule has 0 N–H and O–H groups in total. The fourth-order valence-corrected chi connectivity index (χ4v) is 2.23. The summed E-state index contributed by atoms with van der Waals surface area (Å²) in [6, 6.07) is 5.42. The minimum absolute atomic E-state index is 0.250. The number of amides is 1. The van der Waals surface area contributed by atoms with E-state index in [0.717, 1.165) is 10.2 Å². The van der Waals surface area contributed by atoms with Crippen LogP contribution in [0.15, 0.2) is 22.7 Å². The zero-order valence-corrected chi connectivity index (χ0v) is 10.4. The fourth-order valence-electron chi connectivity index (χ4n) is 1.85. The summed E-state index contributed by atoms with van der Waals surface area (Å²) < 4.78 is 5.48. The molecule has 2 rings (SSSR count). The molecule has 0 spiro atoms. The smallest absolute Gasteiger partial charge is 0.322 e. The molecule has 16 heavy (non-hydrogen) atoms. The van der Waals surface area contributed by atoms with E-state index >= 15 is 0 Å². The molecule has 0 saturated carbocycles. The lowest BCUT2D eigenvalue weighted by atomic mass is 10.0. The number of likely N-dealkylation sites (N-methyl/N-ethyl adjacent to an activating group) is 1. The summed E-state index contributed by atoms with van der Waals surface area (Å²) >= 11 is 3.32. The van der Waals surface area contributed by atoms with Gasteiger partial charge in [0.2, 0.25) is 5.91 Å². The number of fused-ring (bicyclic) bond motifs is 1. The largest absolute Gasteiger partial charge is 0.468 e. The normalized spacial score (nSPS) is 18.6. The van der Waals surface area contributed by atoms with E-state index in [2.05, 4.69) is 20.7 Å². The van der Waals surface area contributed by atoms with Gasteiger partial charge in [-0.25, -0.2) is 0 Å². The minimum atomic E-state index is -0.831. The lowest BCUT2D eigenvalue weighted by molar-refractivity contribution is -0.145. The first-order valence-corrected chi connectivity index (χ1v) is 5.50. The lowest BCUT2D eigenvalue weighted by Gasteiger charge is -2.09. The van der Waals surface area contributed by atoms with Crippen LogP contribution in [0.3, 0.4) is 0 Å². The van der Waals surface area contributed by atoms with Gasteiger partial charge in [-0.1, -0.05) is 15.9 Å². The second-order valence-electron chi connectivity index (χ2n) is 3.56. The van der Waals surface area contributed by atoms with Gasteiger partial charge in [0.05, 0.1) is 7.11 Å². The van der Waals surface area contributed by atoms with Crippen molar-refractivity contribution in [2.75, 3.05) is 19.1 Å². The van der Waals surface area contributed by atoms with Crippen LogP contribution in [0.25, 0.3) is 0 Å². The number of halogens is 1. The number of rotatable bonds is 1. The number of nitrogens with zero attached hydrogens (tertiary/aromatic N) is 1. The molecule has 84 valence electrons. The molecule has 0 radical (unpaired) electrons. The molecule has 4 nitrogen and oxygen atoms in total. The summed E-state index contributed by atoms with van der Waals surface area (Å²) in [4.78, 5) is 24.9. The van der Waals surface area contributed by atoms with Crippen LogP contribution in [0, 0.1) is 0 Å². The zero-order valence-electron chi connectivity index (χ0n) is 8.86. The van der Waals surface area contributed by atoms with Crippen molar-refractivity contribution in [2.24, 2.45) is 0 Å². The number of anilines is 1. The number of benzene rings is 1. The van der Waals surface area contributed by atoms with Crippen molar-refractivity contribution in [3.63, 3.8) is 0 Å². The number of methoxy groups -OCH3 is 1. The Balaban J connectivity index is 2.55. The highest BCUT2D eigenvalue weighted by Crippen LogP contribution is 2.38. The lowest BCUT2D eigenvalue weighted by Crippen LogP contribution is -2.28. The van der Waals surface area contributed by atoms with E-state index < -0.39 is 11.9 Å². The van der Waals surface area contributed by atoms with Gasteiger partial charge in [0, 0.05) is 22.8 Å². The highest BCUT2D eigenvalue weighted by atomic mass is 79.9. The van der Waals surface area contributed by atoms with E-state index in [1.165, 1.54) is 12.0 Å². The van der Waals surface area contributed by atoms with Crippen LogP contribution in [0.4, 0.5) is 5.69 Å². The van der Waals surface area contributed by atoms with E-state index in [1.54, 1.807) is 19.2 Å². The summed E-state index contributed by atoms with van der Waals surface area (Å²) in [5.41, 5.74) is 1.44. The Bertz CT molecular complexity index is 472. The molecule has 1 unspecified atom stereocenters. The third kappa shape index (κ3) is 1.51. The SMILES string of the molecule is COC(=O)C1C(=O)N(C)c2ccc(Br)cc21. The van der Waals surface area contributed by atoms with Crippen LogP contribution in [-0.4, -0.2) is 26.0 Å². The molecule has 1 aliphatic rings. The quantitative estimate of drug-likeness (QED) is 0.582. The molecule has 0 aliphatic carbocycles. The van der Waals surface area contributed by atoms with Gasteiger partial charge < -0.3 is 9.64 Å². The van der Waals surface area contributed by atoms with Gasteiger partial charge in [-0.05, 0) is 18.2 Å². The zero-order chi connectivity index (χ0) is 11.9. The summed E-state index contributed by atoms with van der Waals surface area (Å²) in [5, 5.41) is 0. The Morgan fingerprint density at radius 3 is 2.81 bits per heavy atom. The highest BCUT2D eigenvalue weighted by Gasteiger charge is 2.40. The molecule has 1 aliphatic heterocycles. The third-order valence-corrected chi connectivity index (χ3v) is 3.17. The maximum Gasteiger partial charge on any atom is 0.322 e. The van der Waals surface area contributed by atoms with Crippen LogP contribution < -0.4 is 4.90 Å². The standard InChI is InChI=1S/C11H10BrNO3/c1-13-8-4-3-6(12)5-7(8)9(10(13)14)11(15)16-2/h3-5,9H,1-2H3. The van der Waals surface area contributed by atoms with Crippen LogP contribution >= 0.6 is 15.9 Å². The van der Waals surface area contributed by atoms with Crippen molar-refractivity contribution < 1.29 is 14.3 Å². The molecule has 5 heteroatoms. The monoisotopic (exact) mass is 283 g/mol. The Morgan fingerprint density at radius 2 is 2.19 bits per heavy atom. The van der Waals surface area contributed by atoms with Crippen molar-refractivity contribution >= 4 is 33.5 Å². The van der Waals surface area contributed by atoms with Crippen molar-refractivity contribution in [3.05, 3.63) is 28.2 Å². The van der Waals surface area contributed by atoms with Crippen molar-refractivity contribution in [1.29, 1.82) is 0 Å². The Hall–Kier alpha value is -1.36. The van der Waals surface area contributed by atoms with E-state index in [9.17, 15) is 9.59 Å². The predicted octanol–water partition coefficient (Wildman–Crippen LogP) is 1.68. The van der Waals surface area contributed by atoms with E-state index in [-0.39, 0.29) is 5.91 Å². The minimum Gasteiger partial charge on any atom is -0.468 e. The average molecular weight is 284 g/mol. The second-order valence-corrected chi connectivity index (χ2v) is 4.47. The number of hydrogen-bond acceptors (Lipinski definition) is 3. The summed E-state index contributed by atoms with van der Waals surface area (Å²) in [6.45, 7) is 0. The number of ether oxygens (including phenoxy) is 1. The van der Waals surface area contributed by atoms with Gasteiger partial charge in [0.15, 0.2) is 5.92 Å². The predicted molar refractivity (Wildman–Crippen MR) is 62.3 cm³/mol. The first kappa shape index (κ1) is 11.1. The second kappa shape index (κ2) is 3.90. The number of esters is 1. The van der Waals surface area contributed by atoms with Crippen LogP contribution in [0.1, 0.15) is 11.5 Å². The molecular weight excluding hydrogens is 274 g/mol. The maximum absolute atomic E-state index is 11.9. The molecule has 1 atom stereocenters. The van der Waals surface area contributed by atoms with E-state index in [0.29, 0.717) is 5.56 Å². The van der Waals surface area contributed by atoms with Gasteiger partial charge in [-0.15, -0.1) is 0 Å². The maximum atomic E-state index is 11.9. The Morgan fingerprint density at radius 1 is 1.50 bits per heavy atom. The summed E-state index contributed by atoms with van der Waals surface area (Å²) in [5.74, 6) is -1.60. The topological polar surface area (TPSA) is 46.6 Å². The van der Waals surface area contributed by atoms with Gasteiger partial charge >= 0.3 is 5.97 Å². The van der Waals surface area contributed by atoms with Crippen LogP contribution in [0.5, 0.6) is 0 Å². The molecule has 1 aromatic rings. The molecule has 0 saturated heterocycles. The third-order valence-electron chi connectivity index (χ3n) is 2.68. The first-order chi connectivity index (χ1) is 7.56. The molecule has 0 fully saturated rings. The van der Waals surface area contributed by atoms with Crippen molar-refractivity contribution in [1.82, 2.24) is 0 Å².